The number of rotatable bonds is 2. The number of hydrogen-bond acceptors (Lipinski definition) is 3. The second-order valence-electron chi connectivity index (χ2n) is 5.24. The van der Waals surface area contributed by atoms with E-state index >= 15 is 0 Å². The van der Waals surface area contributed by atoms with E-state index in [4.69, 9.17) is 5.84 Å². The predicted molar refractivity (Wildman–Crippen MR) is 92.5 cm³/mol. The molecule has 1 atom stereocenters. The van der Waals surface area contributed by atoms with E-state index in [-0.39, 0.29) is 0 Å². The summed E-state index contributed by atoms with van der Waals surface area (Å²) in [6.07, 6.45) is 0. The highest BCUT2D eigenvalue weighted by Crippen LogP contribution is 2.42. The minimum Gasteiger partial charge on any atom is -0.317 e. The largest absolute Gasteiger partial charge is 0.317 e. The van der Waals surface area contributed by atoms with Crippen LogP contribution in [0.1, 0.15) is 11.1 Å². The van der Waals surface area contributed by atoms with Gasteiger partial charge in [0.05, 0.1) is 7.05 Å². The molecule has 1 aliphatic heterocycles. The van der Waals surface area contributed by atoms with Gasteiger partial charge in [-0.25, -0.2) is 4.48 Å². The van der Waals surface area contributed by atoms with Crippen LogP contribution in [0.2, 0.25) is 0 Å². The zero-order chi connectivity index (χ0) is 14.9. The molecule has 0 saturated heterocycles. The van der Waals surface area contributed by atoms with Gasteiger partial charge in [-0.1, -0.05) is 35.9 Å². The maximum atomic E-state index is 5.63. The number of quaternary nitrogens is 1. The van der Waals surface area contributed by atoms with Crippen molar-refractivity contribution < 1.29 is 0 Å². The van der Waals surface area contributed by atoms with Gasteiger partial charge < -0.3 is 5.84 Å². The highest BCUT2D eigenvalue weighted by atomic mass is 32.2. The smallest absolute Gasteiger partial charge is 0.294 e. The maximum Gasteiger partial charge on any atom is 0.294 e. The molecular formula is C17H18N3S+. The van der Waals surface area contributed by atoms with E-state index < -0.39 is 0 Å². The number of benzene rings is 2. The van der Waals surface area contributed by atoms with Gasteiger partial charge in [0.15, 0.2) is 5.70 Å². The zero-order valence-corrected chi connectivity index (χ0v) is 13.0. The third-order valence-corrected chi connectivity index (χ3v) is 4.89. The normalized spacial score (nSPS) is 23.3. The summed E-state index contributed by atoms with van der Waals surface area (Å²) in [6.45, 7) is 2.10. The molecule has 0 amide bonds. The van der Waals surface area contributed by atoms with Crippen LogP contribution in [0.4, 0.5) is 5.69 Å². The minimum atomic E-state index is 0.505. The van der Waals surface area contributed by atoms with E-state index in [0.29, 0.717) is 4.48 Å². The van der Waals surface area contributed by atoms with Crippen molar-refractivity contribution in [2.75, 3.05) is 7.05 Å². The minimum absolute atomic E-state index is 0.505. The number of para-hydroxylation sites is 1. The van der Waals surface area contributed by atoms with E-state index in [1.54, 1.807) is 11.8 Å². The SMILES string of the molecule is Cc1ccc(C2=CSC(=NN)[N+]2(C)c2ccccc2)cc1. The summed E-state index contributed by atoms with van der Waals surface area (Å²) in [5.74, 6) is 5.63. The number of hydrazone groups is 1. The Bertz CT molecular complexity index is 705. The Morgan fingerprint density at radius 1 is 1.00 bits per heavy atom. The van der Waals surface area contributed by atoms with Crippen LogP contribution in [0.3, 0.4) is 0 Å². The molecule has 0 bridgehead atoms. The number of nitrogens with two attached hydrogens (primary N) is 1. The molecule has 2 N–H and O–H groups in total. The van der Waals surface area contributed by atoms with Gasteiger partial charge in [-0.3, -0.25) is 0 Å². The first-order valence-electron chi connectivity index (χ1n) is 6.81. The van der Waals surface area contributed by atoms with Crippen molar-refractivity contribution in [1.82, 2.24) is 4.48 Å². The standard InChI is InChI=1S/C17H18N3S/c1-13-8-10-14(11-9-13)16-12-21-17(19-18)20(16,2)15-6-4-3-5-7-15/h3-12H,18H2,1-2H3/q+1. The van der Waals surface area contributed by atoms with Crippen LogP contribution in [0, 0.1) is 6.92 Å². The number of amidine groups is 1. The molecule has 1 unspecified atom stereocenters. The molecule has 4 heteroatoms. The molecule has 3 nitrogen and oxygen atoms in total. The van der Waals surface area contributed by atoms with Crippen molar-refractivity contribution in [3.05, 3.63) is 71.1 Å². The second-order valence-corrected chi connectivity index (χ2v) is 6.08. The zero-order valence-electron chi connectivity index (χ0n) is 12.2. The summed E-state index contributed by atoms with van der Waals surface area (Å²) in [4.78, 5) is 0. The average Bonchev–Trinajstić information content (AvgIpc) is 2.87. The first-order valence-corrected chi connectivity index (χ1v) is 7.69. The van der Waals surface area contributed by atoms with Crippen molar-refractivity contribution in [3.63, 3.8) is 0 Å². The van der Waals surface area contributed by atoms with Crippen LogP contribution < -0.4 is 10.3 Å². The summed E-state index contributed by atoms with van der Waals surface area (Å²) in [6, 6.07) is 18.9. The Balaban J connectivity index is 2.14. The van der Waals surface area contributed by atoms with Crippen LogP contribution in [0.5, 0.6) is 0 Å². The van der Waals surface area contributed by atoms with E-state index in [0.717, 1.165) is 10.9 Å². The first kappa shape index (κ1) is 13.9. The van der Waals surface area contributed by atoms with Gasteiger partial charge in [0, 0.05) is 23.1 Å². The van der Waals surface area contributed by atoms with Crippen molar-refractivity contribution in [2.45, 2.75) is 6.92 Å². The monoisotopic (exact) mass is 296 g/mol. The Kier molecular flexibility index (Phi) is 3.57. The van der Waals surface area contributed by atoms with E-state index in [1.807, 2.05) is 18.2 Å². The number of aryl methyl sites for hydroxylation is 1. The molecule has 0 spiro atoms. The van der Waals surface area contributed by atoms with E-state index in [1.165, 1.54) is 16.8 Å². The van der Waals surface area contributed by atoms with Crippen LogP contribution in [0.15, 0.2) is 65.1 Å². The molecule has 0 aromatic heterocycles. The Morgan fingerprint density at radius 3 is 2.29 bits per heavy atom. The van der Waals surface area contributed by atoms with Crippen LogP contribution >= 0.6 is 11.8 Å². The predicted octanol–water partition coefficient (Wildman–Crippen LogP) is 3.91. The van der Waals surface area contributed by atoms with Crippen LogP contribution in [0.25, 0.3) is 5.70 Å². The summed E-state index contributed by atoms with van der Waals surface area (Å²) in [5.41, 5.74) is 4.79. The van der Waals surface area contributed by atoms with Crippen molar-refractivity contribution in [2.24, 2.45) is 10.9 Å². The molecule has 21 heavy (non-hydrogen) atoms. The first-order chi connectivity index (χ1) is 10.2. The molecule has 0 radical (unpaired) electrons. The second kappa shape index (κ2) is 5.39. The van der Waals surface area contributed by atoms with Gasteiger partial charge in [-0.05, 0) is 30.8 Å². The Hall–Kier alpha value is -2.04. The average molecular weight is 296 g/mol. The highest BCUT2D eigenvalue weighted by Gasteiger charge is 2.43. The van der Waals surface area contributed by atoms with Gasteiger partial charge >= 0.3 is 0 Å². The molecule has 2 aromatic rings. The molecule has 2 aromatic carbocycles. The lowest BCUT2D eigenvalue weighted by atomic mass is 10.1. The molecule has 0 fully saturated rings. The van der Waals surface area contributed by atoms with Crippen LogP contribution in [-0.4, -0.2) is 12.2 Å². The number of nitrogens with zero attached hydrogens (tertiary/aromatic N) is 2. The quantitative estimate of drug-likeness (QED) is 0.518. The third kappa shape index (κ3) is 2.26. The molecule has 0 saturated carbocycles. The van der Waals surface area contributed by atoms with Gasteiger partial charge in [-0.2, -0.15) is 0 Å². The fraction of sp³-hybridized carbons (Fsp3) is 0.118. The fourth-order valence-corrected chi connectivity index (χ4v) is 3.63. The molecular weight excluding hydrogens is 278 g/mol. The number of thioether (sulfide) groups is 1. The van der Waals surface area contributed by atoms with Gasteiger partial charge in [-0.15, -0.1) is 5.10 Å². The topological polar surface area (TPSA) is 38.4 Å². The molecule has 1 aliphatic rings. The molecule has 0 aliphatic carbocycles. The summed E-state index contributed by atoms with van der Waals surface area (Å²) in [5, 5.41) is 7.02. The lowest BCUT2D eigenvalue weighted by molar-refractivity contribution is 0.694. The Morgan fingerprint density at radius 2 is 1.67 bits per heavy atom. The number of hydrogen-bond donors (Lipinski definition) is 1. The van der Waals surface area contributed by atoms with E-state index in [2.05, 4.69) is 60.9 Å². The van der Waals surface area contributed by atoms with Gasteiger partial charge in [0.2, 0.25) is 0 Å². The molecule has 1 heterocycles. The van der Waals surface area contributed by atoms with Gasteiger partial charge in [0.1, 0.15) is 5.69 Å². The fourth-order valence-electron chi connectivity index (χ4n) is 2.59. The maximum absolute atomic E-state index is 5.63. The van der Waals surface area contributed by atoms with E-state index in [9.17, 15) is 0 Å². The highest BCUT2D eigenvalue weighted by molar-refractivity contribution is 8.17. The van der Waals surface area contributed by atoms with Gasteiger partial charge in [0.25, 0.3) is 5.17 Å². The molecule has 106 valence electrons. The summed E-state index contributed by atoms with van der Waals surface area (Å²) in [7, 11) is 2.13. The third-order valence-electron chi connectivity index (χ3n) is 3.87. The lowest BCUT2D eigenvalue weighted by Crippen LogP contribution is -2.45. The summed E-state index contributed by atoms with van der Waals surface area (Å²) >= 11 is 1.59. The summed E-state index contributed by atoms with van der Waals surface area (Å²) < 4.78 is 0.505. The Labute approximate surface area is 129 Å². The van der Waals surface area contributed by atoms with Crippen molar-refractivity contribution >= 4 is 28.3 Å². The van der Waals surface area contributed by atoms with Crippen LogP contribution in [-0.2, 0) is 0 Å². The molecule has 3 rings (SSSR count). The van der Waals surface area contributed by atoms with Crippen molar-refractivity contribution in [1.29, 1.82) is 0 Å². The lowest BCUT2D eigenvalue weighted by Gasteiger charge is -2.30. The van der Waals surface area contributed by atoms with Crippen molar-refractivity contribution in [3.8, 4) is 0 Å².